The SMILES string of the molecule is [2H]c1c([2H])c([2H])c(-c2cc(C(C)(C)C)cc(-c3cc(C(C)(C)C)cc(C(C)(C)C)c3)c2N2CN(c3cccc(Oc4ccc5c(c4)N(c4cc(C(C)(C)C)ccn4)c4ccccc4[Si]54c5cc(C(C)(C)C)ccc5-c5ccc(C(C)(C)C)cc54)c3)c3ccccc32)c([2H])c1[2H]. The maximum Gasteiger partial charge on any atom is 0.185 e. The molecule has 0 unspecified atom stereocenters. The molecule has 0 radical (unpaired) electrons. The molecule has 4 heterocycles. The number of rotatable bonds is 7. The van der Waals surface area contributed by atoms with Gasteiger partial charge in [-0.1, -0.05) is 252 Å². The average molecular weight is 1200 g/mol. The number of hydrogen-bond donors (Lipinski definition) is 0. The Hall–Kier alpha value is -8.45. The van der Waals surface area contributed by atoms with Crippen LogP contribution in [0, 0.1) is 0 Å². The molecule has 5 nitrogen and oxygen atoms in total. The Balaban J connectivity index is 0.992. The highest BCUT2D eigenvalue weighted by Gasteiger charge is 2.55. The van der Waals surface area contributed by atoms with Gasteiger partial charge in [0, 0.05) is 40.8 Å². The molecule has 3 aliphatic heterocycles. The van der Waals surface area contributed by atoms with Crippen LogP contribution in [0.5, 0.6) is 11.5 Å². The van der Waals surface area contributed by atoms with Crippen LogP contribution < -0.4 is 40.2 Å². The lowest BCUT2D eigenvalue weighted by atomic mass is 9.77. The number of aromatic nitrogens is 1. The van der Waals surface area contributed by atoms with Gasteiger partial charge in [-0.15, -0.1) is 0 Å². The lowest BCUT2D eigenvalue weighted by Crippen LogP contribution is -2.75. The molecule has 1 spiro atoms. The number of hydrogen-bond acceptors (Lipinski definition) is 5. The largest absolute Gasteiger partial charge is 0.457 e. The Morgan fingerprint density at radius 1 is 0.378 bits per heavy atom. The molecule has 10 aromatic rings. The molecule has 0 aliphatic carbocycles. The third-order valence-corrected chi connectivity index (χ3v) is 23.9. The molecule has 1 aromatic heterocycles. The molecule has 13 rings (SSSR count). The standard InChI is InChI=1S/C84H90N4OSi/c1-79(2,3)56-35-38-65-66-39-36-57(80(4,5)6)49-76(66)90(75(65)48-56)73-34-25-24-33-71(73)88(77-50-58(41-42-85-77)81(7,8)9)72-52-64(37-40-74(72)90)89-63-30-26-29-62(51-63)86-53-87(70-32-23-22-31-69(70)86)78-67(54-27-20-19-21-28-54)46-61(84(16,17)18)47-68(78)55-43-59(82(10,11)12)45-60(44-55)83(13,14)15/h19-52H,53H2,1-18H3/i19D,20D,21D,27D,28D. The van der Waals surface area contributed by atoms with Crippen molar-refractivity contribution in [1.82, 2.24) is 4.98 Å². The van der Waals surface area contributed by atoms with Crippen molar-refractivity contribution >= 4 is 68.8 Å². The minimum Gasteiger partial charge on any atom is -0.457 e. The van der Waals surface area contributed by atoms with Gasteiger partial charge in [-0.2, -0.15) is 0 Å². The average Bonchev–Trinajstić information content (AvgIpc) is 1.57. The summed E-state index contributed by atoms with van der Waals surface area (Å²) in [4.78, 5) is 12.2. The first-order chi connectivity index (χ1) is 44.5. The molecule has 0 fully saturated rings. The molecule has 456 valence electrons. The van der Waals surface area contributed by atoms with Crippen LogP contribution in [0.4, 0.5) is 39.9 Å². The molecule has 0 bridgehead atoms. The van der Waals surface area contributed by atoms with E-state index in [1.165, 1.54) is 59.7 Å². The van der Waals surface area contributed by atoms with E-state index in [2.05, 4.69) is 303 Å². The van der Waals surface area contributed by atoms with Crippen LogP contribution in [0.25, 0.3) is 33.4 Å². The maximum absolute atomic E-state index is 9.61. The monoisotopic (exact) mass is 1200 g/mol. The lowest BCUT2D eigenvalue weighted by Gasteiger charge is -2.44. The molecular weight excluding hydrogens is 1110 g/mol. The van der Waals surface area contributed by atoms with Gasteiger partial charge in [-0.3, -0.25) is 4.90 Å². The Labute approximate surface area is 545 Å². The van der Waals surface area contributed by atoms with Crippen molar-refractivity contribution in [2.75, 3.05) is 21.4 Å². The zero-order valence-electron chi connectivity index (χ0n) is 61.1. The van der Waals surface area contributed by atoms with Crippen molar-refractivity contribution in [1.29, 1.82) is 0 Å². The fourth-order valence-corrected chi connectivity index (χ4v) is 19.3. The van der Waals surface area contributed by atoms with Crippen molar-refractivity contribution < 1.29 is 11.6 Å². The van der Waals surface area contributed by atoms with Crippen LogP contribution >= 0.6 is 0 Å². The zero-order chi connectivity index (χ0) is 68.2. The molecular formula is C84H90N4OSi. The van der Waals surface area contributed by atoms with E-state index in [9.17, 15) is 2.74 Å². The quantitative estimate of drug-likeness (QED) is 0.149. The van der Waals surface area contributed by atoms with E-state index in [1.807, 2.05) is 12.3 Å². The third-order valence-electron chi connectivity index (χ3n) is 19.0. The smallest absolute Gasteiger partial charge is 0.185 e. The number of para-hydroxylation sites is 3. The van der Waals surface area contributed by atoms with E-state index < -0.39 is 19.5 Å². The van der Waals surface area contributed by atoms with Crippen molar-refractivity contribution in [2.24, 2.45) is 0 Å². The summed E-state index contributed by atoms with van der Waals surface area (Å²) >= 11 is 0. The second-order valence-electron chi connectivity index (χ2n) is 31.5. The molecule has 0 amide bonds. The van der Waals surface area contributed by atoms with Crippen LogP contribution in [0.2, 0.25) is 0 Å². The highest BCUT2D eigenvalue weighted by molar-refractivity contribution is 7.23. The predicted octanol–water partition coefficient (Wildman–Crippen LogP) is 20.4. The number of benzene rings is 9. The van der Waals surface area contributed by atoms with E-state index in [4.69, 9.17) is 13.8 Å². The molecule has 90 heavy (non-hydrogen) atoms. The van der Waals surface area contributed by atoms with Crippen molar-refractivity contribution in [2.45, 2.75) is 157 Å². The summed E-state index contributed by atoms with van der Waals surface area (Å²) in [5.41, 5.74) is 16.9. The number of anilines is 7. The highest BCUT2D eigenvalue weighted by atomic mass is 28.3. The second-order valence-corrected chi connectivity index (χ2v) is 35.2. The van der Waals surface area contributed by atoms with Gasteiger partial charge in [0.15, 0.2) is 8.07 Å². The van der Waals surface area contributed by atoms with Crippen LogP contribution in [0.3, 0.4) is 0 Å². The van der Waals surface area contributed by atoms with Crippen LogP contribution in [0.15, 0.2) is 206 Å². The molecule has 9 aromatic carbocycles. The van der Waals surface area contributed by atoms with E-state index in [0.717, 1.165) is 56.6 Å². The molecule has 0 saturated carbocycles. The molecule has 3 aliphatic rings. The van der Waals surface area contributed by atoms with Crippen LogP contribution in [-0.2, 0) is 32.5 Å². The number of fused-ring (bicyclic) bond motifs is 10. The predicted molar refractivity (Wildman–Crippen MR) is 387 cm³/mol. The summed E-state index contributed by atoms with van der Waals surface area (Å²) in [5.74, 6) is 2.19. The van der Waals surface area contributed by atoms with Crippen molar-refractivity contribution in [3.8, 4) is 44.9 Å². The van der Waals surface area contributed by atoms with Crippen molar-refractivity contribution in [3.63, 3.8) is 0 Å². The van der Waals surface area contributed by atoms with Gasteiger partial charge >= 0.3 is 0 Å². The van der Waals surface area contributed by atoms with Gasteiger partial charge in [0.2, 0.25) is 0 Å². The molecule has 0 N–H and O–H groups in total. The Morgan fingerprint density at radius 2 is 0.878 bits per heavy atom. The van der Waals surface area contributed by atoms with Gasteiger partial charge in [-0.05, 0) is 170 Å². The normalized spacial score (nSPS) is 15.3. The van der Waals surface area contributed by atoms with Gasteiger partial charge < -0.3 is 14.5 Å². The van der Waals surface area contributed by atoms with Gasteiger partial charge in [0.05, 0.1) is 29.6 Å². The first-order valence-corrected chi connectivity index (χ1v) is 34.1. The first-order valence-electron chi connectivity index (χ1n) is 34.6. The van der Waals surface area contributed by atoms with Crippen LogP contribution in [0.1, 0.15) is 165 Å². The third kappa shape index (κ3) is 10.5. The summed E-state index contributed by atoms with van der Waals surface area (Å²) in [6.07, 6.45) is 1.96. The molecule has 0 saturated heterocycles. The van der Waals surface area contributed by atoms with Crippen LogP contribution in [-0.4, -0.2) is 19.7 Å². The summed E-state index contributed by atoms with van der Waals surface area (Å²) in [5, 5.41) is 5.43. The number of ether oxygens (including phenoxy) is 1. The van der Waals surface area contributed by atoms with E-state index >= 15 is 0 Å². The van der Waals surface area contributed by atoms with E-state index in [0.29, 0.717) is 23.7 Å². The number of pyridine rings is 1. The summed E-state index contributed by atoms with van der Waals surface area (Å²) < 4.78 is 53.4. The summed E-state index contributed by atoms with van der Waals surface area (Å²) in [6.45, 7) is 41.0. The second kappa shape index (κ2) is 21.3. The Kier molecular flexibility index (Phi) is 12.9. The topological polar surface area (TPSA) is 31.8 Å². The Bertz CT molecular complexity index is 4650. The highest BCUT2D eigenvalue weighted by Crippen LogP contribution is 2.53. The summed E-state index contributed by atoms with van der Waals surface area (Å²) in [7, 11) is -3.14. The zero-order valence-corrected chi connectivity index (χ0v) is 57.1. The van der Waals surface area contributed by atoms with Gasteiger partial charge in [0.1, 0.15) is 24.0 Å². The maximum atomic E-state index is 9.61. The minimum atomic E-state index is -3.14. The minimum absolute atomic E-state index is 0.0924. The van der Waals surface area contributed by atoms with Crippen molar-refractivity contribution in [3.05, 3.63) is 240 Å². The summed E-state index contributed by atoms with van der Waals surface area (Å²) in [6, 6.07) is 61.2. The fraction of sp³-hybridized carbons (Fsp3) is 0.298. The molecule has 6 heteroatoms. The lowest BCUT2D eigenvalue weighted by molar-refractivity contribution is 0.483. The van der Waals surface area contributed by atoms with E-state index in [-0.39, 0.29) is 56.8 Å². The van der Waals surface area contributed by atoms with E-state index in [1.54, 1.807) is 0 Å². The Morgan fingerprint density at radius 3 is 1.46 bits per heavy atom. The number of nitrogens with zero attached hydrogens (tertiary/aromatic N) is 4. The van der Waals surface area contributed by atoms with Gasteiger partial charge in [-0.25, -0.2) is 4.98 Å². The van der Waals surface area contributed by atoms with Gasteiger partial charge in [0.25, 0.3) is 0 Å². The molecule has 0 atom stereocenters. The first kappa shape index (κ1) is 54.5. The fourth-order valence-electron chi connectivity index (χ4n) is 13.7.